The van der Waals surface area contributed by atoms with Gasteiger partial charge in [0.2, 0.25) is 5.91 Å². The largest absolute Gasteiger partial charge is 0.486 e. The Labute approximate surface area is 168 Å². The number of furan rings is 1. The number of fused-ring (bicyclic) bond motifs is 1. The van der Waals surface area contributed by atoms with Crippen LogP contribution in [0.2, 0.25) is 5.02 Å². The molecule has 2 amide bonds. The van der Waals surface area contributed by atoms with Gasteiger partial charge in [0, 0.05) is 17.5 Å². The highest BCUT2D eigenvalue weighted by Crippen LogP contribution is 2.38. The van der Waals surface area contributed by atoms with E-state index in [4.69, 9.17) is 25.5 Å². The third-order valence-electron chi connectivity index (χ3n) is 3.76. The Morgan fingerprint density at radius 2 is 1.96 bits per heavy atom. The van der Waals surface area contributed by atoms with Gasteiger partial charge >= 0.3 is 0 Å². The van der Waals surface area contributed by atoms with E-state index in [0.717, 1.165) is 0 Å². The number of nitrogens with one attached hydrogen (secondary N) is 2. The smallest absolute Gasteiger partial charge is 0.293 e. The molecule has 0 atom stereocenters. The summed E-state index contributed by atoms with van der Waals surface area (Å²) < 4.78 is 16.0. The fourth-order valence-electron chi connectivity index (χ4n) is 2.53. The van der Waals surface area contributed by atoms with Gasteiger partial charge in [-0.25, -0.2) is 4.98 Å². The number of anilines is 2. The lowest BCUT2D eigenvalue weighted by atomic mass is 10.2. The zero-order valence-corrected chi connectivity index (χ0v) is 15.9. The standard InChI is InChI=1S/C18H14ClN3O5S/c19-11-7-14-15(27-5-4-26-14)8-12(11)21-16(23)6-10-9-28-18(20-10)22-17(24)13-2-1-3-25-13/h1-3,7-9H,4-6H2,(H,21,23)(H,20,22,24). The Balaban J connectivity index is 1.38. The lowest BCUT2D eigenvalue weighted by Crippen LogP contribution is -2.18. The second-order valence-corrected chi connectivity index (χ2v) is 7.04. The summed E-state index contributed by atoms with van der Waals surface area (Å²) in [6, 6.07) is 6.41. The molecular weight excluding hydrogens is 406 g/mol. The molecule has 0 bridgehead atoms. The number of ether oxygens (including phenoxy) is 2. The molecule has 1 aromatic carbocycles. The normalized spacial score (nSPS) is 12.5. The van der Waals surface area contributed by atoms with Gasteiger partial charge in [-0.15, -0.1) is 11.3 Å². The van der Waals surface area contributed by atoms with Crippen molar-refractivity contribution in [2.24, 2.45) is 0 Å². The van der Waals surface area contributed by atoms with E-state index in [9.17, 15) is 9.59 Å². The number of rotatable bonds is 5. The first kappa shape index (κ1) is 18.3. The number of nitrogens with zero attached hydrogens (tertiary/aromatic N) is 1. The average molecular weight is 420 g/mol. The highest BCUT2D eigenvalue weighted by molar-refractivity contribution is 7.14. The van der Waals surface area contributed by atoms with Gasteiger partial charge in [0.15, 0.2) is 22.4 Å². The van der Waals surface area contributed by atoms with Crippen molar-refractivity contribution in [3.63, 3.8) is 0 Å². The van der Waals surface area contributed by atoms with Crippen molar-refractivity contribution in [1.29, 1.82) is 0 Å². The summed E-state index contributed by atoms with van der Waals surface area (Å²) in [6.07, 6.45) is 1.44. The summed E-state index contributed by atoms with van der Waals surface area (Å²) in [7, 11) is 0. The van der Waals surface area contributed by atoms with Crippen molar-refractivity contribution >= 4 is 45.6 Å². The van der Waals surface area contributed by atoms with Gasteiger partial charge in [0.25, 0.3) is 5.91 Å². The molecule has 144 valence electrons. The summed E-state index contributed by atoms with van der Waals surface area (Å²) in [5.74, 6) is 0.558. The molecule has 28 heavy (non-hydrogen) atoms. The maximum absolute atomic E-state index is 12.3. The number of hydrogen-bond donors (Lipinski definition) is 2. The molecule has 3 heterocycles. The number of hydrogen-bond acceptors (Lipinski definition) is 7. The molecule has 0 saturated heterocycles. The molecule has 0 aliphatic carbocycles. The molecule has 2 N–H and O–H groups in total. The molecule has 10 heteroatoms. The number of carbonyl (C=O) groups excluding carboxylic acids is 2. The van der Waals surface area contributed by atoms with Crippen LogP contribution in [-0.4, -0.2) is 30.0 Å². The third kappa shape index (κ3) is 4.10. The SMILES string of the molecule is O=C(Cc1csc(NC(=O)c2ccco2)n1)Nc1cc2c(cc1Cl)OCCO2. The third-order valence-corrected chi connectivity index (χ3v) is 4.88. The van der Waals surface area contributed by atoms with E-state index in [1.807, 2.05) is 0 Å². The fraction of sp³-hybridized carbons (Fsp3) is 0.167. The molecular formula is C18H14ClN3O5S. The fourth-order valence-corrected chi connectivity index (χ4v) is 3.44. The second-order valence-electron chi connectivity index (χ2n) is 5.78. The zero-order valence-electron chi connectivity index (χ0n) is 14.4. The van der Waals surface area contributed by atoms with E-state index in [1.165, 1.54) is 17.6 Å². The van der Waals surface area contributed by atoms with E-state index in [2.05, 4.69) is 15.6 Å². The van der Waals surface area contributed by atoms with Crippen LogP contribution in [0, 0.1) is 0 Å². The summed E-state index contributed by atoms with van der Waals surface area (Å²) in [5.41, 5.74) is 0.948. The topological polar surface area (TPSA) is 103 Å². The van der Waals surface area contributed by atoms with Crippen molar-refractivity contribution in [3.05, 3.63) is 52.4 Å². The predicted molar refractivity (Wildman–Crippen MR) is 104 cm³/mol. The first-order chi connectivity index (χ1) is 13.6. The molecule has 8 nitrogen and oxygen atoms in total. The van der Waals surface area contributed by atoms with Crippen molar-refractivity contribution in [2.75, 3.05) is 23.8 Å². The van der Waals surface area contributed by atoms with Gasteiger partial charge in [-0.05, 0) is 12.1 Å². The monoisotopic (exact) mass is 419 g/mol. The van der Waals surface area contributed by atoms with Crippen LogP contribution in [0.3, 0.4) is 0 Å². The van der Waals surface area contributed by atoms with Crippen LogP contribution in [0.1, 0.15) is 16.2 Å². The summed E-state index contributed by atoms with van der Waals surface area (Å²) in [6.45, 7) is 0.894. The van der Waals surface area contributed by atoms with Crippen LogP contribution in [-0.2, 0) is 11.2 Å². The van der Waals surface area contributed by atoms with E-state index in [0.29, 0.717) is 46.2 Å². The summed E-state index contributed by atoms with van der Waals surface area (Å²) >= 11 is 7.42. The Bertz CT molecular complexity index is 1020. The molecule has 4 rings (SSSR count). The molecule has 2 aromatic heterocycles. The van der Waals surface area contributed by atoms with Gasteiger partial charge < -0.3 is 19.2 Å². The first-order valence-corrected chi connectivity index (χ1v) is 9.52. The van der Waals surface area contributed by atoms with Gasteiger partial charge in [-0.1, -0.05) is 11.6 Å². The molecule has 0 saturated carbocycles. The number of halogens is 1. The van der Waals surface area contributed by atoms with Crippen molar-refractivity contribution in [3.8, 4) is 11.5 Å². The van der Waals surface area contributed by atoms with E-state index in [-0.39, 0.29) is 18.1 Å². The van der Waals surface area contributed by atoms with Gasteiger partial charge in [0.1, 0.15) is 13.2 Å². The lowest BCUT2D eigenvalue weighted by molar-refractivity contribution is -0.115. The number of thiazole rings is 1. The van der Waals surface area contributed by atoms with Gasteiger partial charge in [0.05, 0.1) is 29.1 Å². The minimum Gasteiger partial charge on any atom is -0.486 e. The summed E-state index contributed by atoms with van der Waals surface area (Å²) in [4.78, 5) is 28.5. The van der Waals surface area contributed by atoms with Crippen molar-refractivity contribution < 1.29 is 23.5 Å². The van der Waals surface area contributed by atoms with E-state index >= 15 is 0 Å². The lowest BCUT2D eigenvalue weighted by Gasteiger charge is -2.19. The zero-order chi connectivity index (χ0) is 19.5. The van der Waals surface area contributed by atoms with Crippen LogP contribution in [0.5, 0.6) is 11.5 Å². The molecule has 0 spiro atoms. The Kier molecular flexibility index (Phi) is 5.18. The van der Waals surface area contributed by atoms with Crippen molar-refractivity contribution in [2.45, 2.75) is 6.42 Å². The number of benzene rings is 1. The molecule has 0 unspecified atom stereocenters. The predicted octanol–water partition coefficient (Wildman–Crippen LogP) is 3.59. The molecule has 1 aliphatic heterocycles. The number of amides is 2. The van der Waals surface area contributed by atoms with Gasteiger partial charge in [-0.2, -0.15) is 0 Å². The van der Waals surface area contributed by atoms with Crippen LogP contribution in [0.25, 0.3) is 0 Å². The molecule has 1 aliphatic rings. The van der Waals surface area contributed by atoms with E-state index < -0.39 is 5.91 Å². The summed E-state index contributed by atoms with van der Waals surface area (Å²) in [5, 5.41) is 7.78. The number of aromatic nitrogens is 1. The Hall–Kier alpha value is -3.04. The van der Waals surface area contributed by atoms with Gasteiger partial charge in [-0.3, -0.25) is 14.9 Å². The Morgan fingerprint density at radius 3 is 2.71 bits per heavy atom. The molecule has 3 aromatic rings. The minimum absolute atomic E-state index is 0.0257. The van der Waals surface area contributed by atoms with Crippen molar-refractivity contribution in [1.82, 2.24) is 4.98 Å². The van der Waals surface area contributed by atoms with Crippen LogP contribution < -0.4 is 20.1 Å². The maximum Gasteiger partial charge on any atom is 0.293 e. The van der Waals surface area contributed by atoms with E-state index in [1.54, 1.807) is 29.6 Å². The minimum atomic E-state index is -0.404. The highest BCUT2D eigenvalue weighted by Gasteiger charge is 2.17. The molecule has 0 fully saturated rings. The average Bonchev–Trinajstić information content (AvgIpc) is 3.34. The van der Waals surface area contributed by atoms with Crippen LogP contribution >= 0.6 is 22.9 Å². The molecule has 0 radical (unpaired) electrons. The van der Waals surface area contributed by atoms with Crippen LogP contribution in [0.4, 0.5) is 10.8 Å². The maximum atomic E-state index is 12.3. The second kappa shape index (κ2) is 7.91. The quantitative estimate of drug-likeness (QED) is 0.655. The number of carbonyl (C=O) groups is 2. The Morgan fingerprint density at radius 1 is 1.18 bits per heavy atom. The first-order valence-electron chi connectivity index (χ1n) is 8.27. The highest BCUT2D eigenvalue weighted by atomic mass is 35.5. The van der Waals surface area contributed by atoms with Crippen LogP contribution in [0.15, 0.2) is 40.3 Å².